The number of halogens is 2. The Hall–Kier alpha value is -1.66. The second-order valence-electron chi connectivity index (χ2n) is 4.62. The molecule has 108 valence electrons. The van der Waals surface area contributed by atoms with E-state index in [4.69, 9.17) is 11.6 Å². The molecule has 20 heavy (non-hydrogen) atoms. The molecule has 3 N–H and O–H groups in total. The van der Waals surface area contributed by atoms with Gasteiger partial charge < -0.3 is 15.7 Å². The minimum Gasteiger partial charge on any atom is -0.392 e. The van der Waals surface area contributed by atoms with E-state index in [1.807, 2.05) is 0 Å². The topological polar surface area (TPSA) is 78.4 Å². The van der Waals surface area contributed by atoms with Crippen LogP contribution >= 0.6 is 11.6 Å². The van der Waals surface area contributed by atoms with Crippen molar-refractivity contribution in [2.75, 3.05) is 6.54 Å². The summed E-state index contributed by atoms with van der Waals surface area (Å²) in [7, 11) is 0. The molecule has 0 aliphatic carbocycles. The van der Waals surface area contributed by atoms with Crippen molar-refractivity contribution in [3.8, 4) is 0 Å². The van der Waals surface area contributed by atoms with Crippen LogP contribution in [0.15, 0.2) is 18.2 Å². The predicted molar refractivity (Wildman–Crippen MR) is 70.4 cm³/mol. The first kappa shape index (κ1) is 14.7. The monoisotopic (exact) mass is 300 g/mol. The Morgan fingerprint density at radius 2 is 2.25 bits per heavy atom. The zero-order valence-corrected chi connectivity index (χ0v) is 11.3. The fraction of sp³-hybridized carbons (Fsp3) is 0.385. The molecule has 2 atom stereocenters. The maximum atomic E-state index is 13.1. The van der Waals surface area contributed by atoms with Gasteiger partial charge in [0.2, 0.25) is 11.8 Å². The first-order chi connectivity index (χ1) is 9.47. The Balaban J connectivity index is 1.99. The van der Waals surface area contributed by atoms with Crippen molar-refractivity contribution in [3.05, 3.63) is 34.6 Å². The Morgan fingerprint density at radius 3 is 2.90 bits per heavy atom. The third-order valence-corrected chi connectivity index (χ3v) is 3.30. The highest BCUT2D eigenvalue weighted by atomic mass is 35.5. The molecule has 0 spiro atoms. The van der Waals surface area contributed by atoms with Gasteiger partial charge in [0.1, 0.15) is 11.7 Å². The van der Waals surface area contributed by atoms with Crippen LogP contribution in [0.4, 0.5) is 4.39 Å². The van der Waals surface area contributed by atoms with Crippen LogP contribution in [0.3, 0.4) is 0 Å². The minimum absolute atomic E-state index is 0.0345. The molecule has 2 rings (SSSR count). The molecule has 0 bridgehead atoms. The molecule has 5 nitrogen and oxygen atoms in total. The van der Waals surface area contributed by atoms with E-state index >= 15 is 0 Å². The van der Waals surface area contributed by atoms with Gasteiger partial charge in [0.15, 0.2) is 0 Å². The van der Waals surface area contributed by atoms with E-state index < -0.39 is 29.7 Å². The van der Waals surface area contributed by atoms with Gasteiger partial charge in [-0.05, 0) is 30.2 Å². The number of carbonyl (C=O) groups excluding carboxylic acids is 2. The third kappa shape index (κ3) is 3.46. The van der Waals surface area contributed by atoms with Crippen molar-refractivity contribution in [1.29, 1.82) is 0 Å². The fourth-order valence-electron chi connectivity index (χ4n) is 2.10. The van der Waals surface area contributed by atoms with Gasteiger partial charge in [-0.25, -0.2) is 4.39 Å². The molecule has 1 aliphatic rings. The lowest BCUT2D eigenvalue weighted by Crippen LogP contribution is -2.51. The van der Waals surface area contributed by atoms with E-state index in [0.29, 0.717) is 18.5 Å². The summed E-state index contributed by atoms with van der Waals surface area (Å²) in [6.45, 7) is 0.385. The lowest BCUT2D eigenvalue weighted by Gasteiger charge is -2.26. The molecular formula is C13H14ClFN2O3. The maximum Gasteiger partial charge on any atom is 0.235 e. The lowest BCUT2D eigenvalue weighted by atomic mass is 9.94. The number of amides is 2. The Labute approximate surface area is 120 Å². The number of benzene rings is 1. The average Bonchev–Trinajstić information content (AvgIpc) is 2.35. The van der Waals surface area contributed by atoms with Gasteiger partial charge in [0.25, 0.3) is 0 Å². The summed E-state index contributed by atoms with van der Waals surface area (Å²) >= 11 is 5.70. The number of piperidine rings is 1. The number of aliphatic hydroxyl groups is 1. The van der Waals surface area contributed by atoms with Gasteiger partial charge >= 0.3 is 0 Å². The van der Waals surface area contributed by atoms with Crippen molar-refractivity contribution in [2.45, 2.75) is 19.1 Å². The minimum atomic E-state index is -1.13. The summed E-state index contributed by atoms with van der Waals surface area (Å²) in [6.07, 6.45) is -0.671. The van der Waals surface area contributed by atoms with Crippen LogP contribution in [0.5, 0.6) is 0 Å². The standard InChI is InChI=1S/C13H14ClFN2O3/c14-8-3-7(4-9(15)5-8)6-17-13(20)11-10(18)1-2-16-12(11)19/h3-5,10-11,18H,1-2,6H2,(H,16,19)(H,17,20). The molecule has 1 aliphatic heterocycles. The van der Waals surface area contributed by atoms with Crippen LogP contribution in [-0.2, 0) is 16.1 Å². The number of rotatable bonds is 3. The summed E-state index contributed by atoms with van der Waals surface area (Å²) in [5, 5.41) is 14.9. The van der Waals surface area contributed by atoms with Crippen LogP contribution in [0.1, 0.15) is 12.0 Å². The van der Waals surface area contributed by atoms with E-state index in [0.717, 1.165) is 6.07 Å². The van der Waals surface area contributed by atoms with E-state index in [1.54, 1.807) is 0 Å². The zero-order valence-electron chi connectivity index (χ0n) is 10.5. The van der Waals surface area contributed by atoms with Crippen molar-refractivity contribution in [2.24, 2.45) is 5.92 Å². The molecule has 1 heterocycles. The number of hydrogen-bond acceptors (Lipinski definition) is 3. The van der Waals surface area contributed by atoms with Crippen LogP contribution in [-0.4, -0.2) is 29.6 Å². The molecule has 1 aromatic rings. The van der Waals surface area contributed by atoms with Gasteiger partial charge in [-0.2, -0.15) is 0 Å². The molecular weight excluding hydrogens is 287 g/mol. The zero-order chi connectivity index (χ0) is 14.7. The van der Waals surface area contributed by atoms with Crippen molar-refractivity contribution in [3.63, 3.8) is 0 Å². The first-order valence-electron chi connectivity index (χ1n) is 6.16. The number of hydrogen-bond donors (Lipinski definition) is 3. The molecule has 2 amide bonds. The quantitative estimate of drug-likeness (QED) is 0.715. The smallest absolute Gasteiger partial charge is 0.235 e. The molecule has 7 heteroatoms. The van der Waals surface area contributed by atoms with Crippen LogP contribution < -0.4 is 10.6 Å². The average molecular weight is 301 g/mol. The highest BCUT2D eigenvalue weighted by Crippen LogP contribution is 2.15. The van der Waals surface area contributed by atoms with Gasteiger partial charge in [0, 0.05) is 18.1 Å². The number of nitrogens with one attached hydrogen (secondary N) is 2. The predicted octanol–water partition coefficient (Wildman–Crippen LogP) is 0.592. The summed E-state index contributed by atoms with van der Waals surface area (Å²) < 4.78 is 13.1. The van der Waals surface area contributed by atoms with Gasteiger partial charge in [-0.1, -0.05) is 11.6 Å². The normalized spacial score (nSPS) is 22.2. The van der Waals surface area contributed by atoms with Gasteiger partial charge in [-0.15, -0.1) is 0 Å². The van der Waals surface area contributed by atoms with Crippen molar-refractivity contribution >= 4 is 23.4 Å². The second-order valence-corrected chi connectivity index (χ2v) is 5.06. The summed E-state index contributed by atoms with van der Waals surface area (Å²) in [5.74, 6) is -2.72. The van der Waals surface area contributed by atoms with Gasteiger partial charge in [0.05, 0.1) is 6.10 Å². The molecule has 0 aromatic heterocycles. The Kier molecular flexibility index (Phi) is 4.57. The largest absolute Gasteiger partial charge is 0.392 e. The molecule has 2 unspecified atom stereocenters. The molecule has 1 fully saturated rings. The molecule has 0 radical (unpaired) electrons. The Bertz CT molecular complexity index is 518. The van der Waals surface area contributed by atoms with Crippen LogP contribution in [0, 0.1) is 11.7 Å². The summed E-state index contributed by atoms with van der Waals surface area (Å²) in [6, 6.07) is 3.91. The first-order valence-corrected chi connectivity index (χ1v) is 6.53. The highest BCUT2D eigenvalue weighted by Gasteiger charge is 2.36. The van der Waals surface area contributed by atoms with Gasteiger partial charge in [-0.3, -0.25) is 9.59 Å². The summed E-state index contributed by atoms with van der Waals surface area (Å²) in [5.41, 5.74) is 0.481. The maximum absolute atomic E-state index is 13.1. The third-order valence-electron chi connectivity index (χ3n) is 3.08. The highest BCUT2D eigenvalue weighted by molar-refractivity contribution is 6.30. The molecule has 1 aromatic carbocycles. The van der Waals surface area contributed by atoms with E-state index in [9.17, 15) is 19.1 Å². The van der Waals surface area contributed by atoms with Crippen molar-refractivity contribution in [1.82, 2.24) is 10.6 Å². The second kappa shape index (κ2) is 6.19. The molecule has 1 saturated heterocycles. The molecule has 0 saturated carbocycles. The van der Waals surface area contributed by atoms with Crippen LogP contribution in [0.25, 0.3) is 0 Å². The van der Waals surface area contributed by atoms with Crippen LogP contribution in [0.2, 0.25) is 5.02 Å². The van der Waals surface area contributed by atoms with E-state index in [-0.39, 0.29) is 11.6 Å². The van der Waals surface area contributed by atoms with E-state index in [2.05, 4.69) is 10.6 Å². The fourth-order valence-corrected chi connectivity index (χ4v) is 2.34. The lowest BCUT2D eigenvalue weighted by molar-refractivity contribution is -0.142. The van der Waals surface area contributed by atoms with Crippen molar-refractivity contribution < 1.29 is 19.1 Å². The van der Waals surface area contributed by atoms with E-state index in [1.165, 1.54) is 12.1 Å². The number of carbonyl (C=O) groups is 2. The number of aliphatic hydroxyl groups excluding tert-OH is 1. The summed E-state index contributed by atoms with van der Waals surface area (Å²) in [4.78, 5) is 23.5. The Morgan fingerprint density at radius 1 is 1.50 bits per heavy atom. The SMILES string of the molecule is O=C1NCCC(O)C1C(=O)NCc1cc(F)cc(Cl)c1.